The lowest BCUT2D eigenvalue weighted by molar-refractivity contribution is 0.235. The maximum Gasteiger partial charge on any atom is 0.240 e. The van der Waals surface area contributed by atoms with E-state index < -0.39 is 0 Å². The SMILES string of the molecule is Cc1ccc(CN(Cc2noc(CN)n2)C2CC2)cc1C.Cl. The summed E-state index contributed by atoms with van der Waals surface area (Å²) in [6, 6.07) is 7.31. The molecular formula is C16H23ClN4O. The highest BCUT2D eigenvalue weighted by Crippen LogP contribution is 2.29. The smallest absolute Gasteiger partial charge is 0.240 e. The number of hydrogen-bond donors (Lipinski definition) is 1. The molecule has 1 saturated carbocycles. The molecule has 5 nitrogen and oxygen atoms in total. The number of benzene rings is 1. The molecule has 0 radical (unpaired) electrons. The van der Waals surface area contributed by atoms with Gasteiger partial charge in [0.25, 0.3) is 0 Å². The molecule has 1 fully saturated rings. The molecule has 0 saturated heterocycles. The van der Waals surface area contributed by atoms with Crippen LogP contribution in [0.25, 0.3) is 0 Å². The van der Waals surface area contributed by atoms with Crippen LogP contribution in [0.1, 0.15) is 41.2 Å². The Hall–Kier alpha value is -1.43. The Morgan fingerprint density at radius 2 is 2.00 bits per heavy atom. The maximum atomic E-state index is 5.51. The fraction of sp³-hybridized carbons (Fsp3) is 0.500. The second-order valence-corrected chi connectivity index (χ2v) is 5.86. The summed E-state index contributed by atoms with van der Waals surface area (Å²) >= 11 is 0. The van der Waals surface area contributed by atoms with E-state index in [1.165, 1.54) is 29.5 Å². The fourth-order valence-electron chi connectivity index (χ4n) is 2.51. The fourth-order valence-corrected chi connectivity index (χ4v) is 2.51. The standard InChI is InChI=1S/C16H22N4O.ClH/c1-11-3-4-13(7-12(11)2)9-20(14-5-6-14)10-15-18-16(8-17)21-19-15;/h3-4,7,14H,5-6,8-10,17H2,1-2H3;1H. The van der Waals surface area contributed by atoms with Gasteiger partial charge in [-0.2, -0.15) is 4.98 Å². The van der Waals surface area contributed by atoms with Crippen LogP contribution in [0.5, 0.6) is 0 Å². The van der Waals surface area contributed by atoms with Crippen LogP contribution in [-0.2, 0) is 19.6 Å². The average molecular weight is 323 g/mol. The largest absolute Gasteiger partial charge is 0.338 e. The molecule has 1 aromatic carbocycles. The lowest BCUT2D eigenvalue weighted by Gasteiger charge is -2.20. The van der Waals surface area contributed by atoms with Crippen molar-refractivity contribution in [2.75, 3.05) is 0 Å². The summed E-state index contributed by atoms with van der Waals surface area (Å²) in [6.07, 6.45) is 2.51. The lowest BCUT2D eigenvalue weighted by atomic mass is 10.1. The molecule has 1 heterocycles. The van der Waals surface area contributed by atoms with Crippen molar-refractivity contribution in [1.29, 1.82) is 0 Å². The van der Waals surface area contributed by atoms with E-state index in [0.717, 1.165) is 18.9 Å². The van der Waals surface area contributed by atoms with Crippen molar-refractivity contribution in [1.82, 2.24) is 15.0 Å². The molecule has 0 aliphatic heterocycles. The van der Waals surface area contributed by atoms with Crippen molar-refractivity contribution in [2.24, 2.45) is 5.73 Å². The average Bonchev–Trinajstić information content (AvgIpc) is 3.22. The first kappa shape index (κ1) is 16.9. The molecule has 0 amide bonds. The predicted octanol–water partition coefficient (Wildman–Crippen LogP) is 2.73. The molecule has 2 N–H and O–H groups in total. The summed E-state index contributed by atoms with van der Waals surface area (Å²) in [7, 11) is 0. The van der Waals surface area contributed by atoms with E-state index in [2.05, 4.69) is 47.1 Å². The Morgan fingerprint density at radius 3 is 2.59 bits per heavy atom. The number of aromatic nitrogens is 2. The van der Waals surface area contributed by atoms with Crippen LogP contribution in [0.15, 0.2) is 22.7 Å². The Bertz CT molecular complexity index is 624. The molecule has 0 unspecified atom stereocenters. The molecule has 3 rings (SSSR count). The van der Waals surface area contributed by atoms with Crippen LogP contribution in [0.3, 0.4) is 0 Å². The topological polar surface area (TPSA) is 68.2 Å². The van der Waals surface area contributed by atoms with E-state index in [4.69, 9.17) is 10.3 Å². The molecular weight excluding hydrogens is 300 g/mol. The van der Waals surface area contributed by atoms with Crippen molar-refractivity contribution in [3.63, 3.8) is 0 Å². The first-order valence-corrected chi connectivity index (χ1v) is 7.47. The Labute approximate surface area is 137 Å². The molecule has 0 bridgehead atoms. The predicted molar refractivity (Wildman–Crippen MR) is 87.6 cm³/mol. The number of hydrogen-bond acceptors (Lipinski definition) is 5. The highest BCUT2D eigenvalue weighted by molar-refractivity contribution is 5.85. The second kappa shape index (κ2) is 7.22. The van der Waals surface area contributed by atoms with E-state index in [-0.39, 0.29) is 12.4 Å². The van der Waals surface area contributed by atoms with Crippen LogP contribution in [0, 0.1) is 13.8 Å². The van der Waals surface area contributed by atoms with Gasteiger partial charge in [-0.25, -0.2) is 0 Å². The summed E-state index contributed by atoms with van der Waals surface area (Å²) in [5.41, 5.74) is 9.53. The van der Waals surface area contributed by atoms with Crippen LogP contribution in [-0.4, -0.2) is 21.1 Å². The molecule has 1 aliphatic carbocycles. The molecule has 0 atom stereocenters. The monoisotopic (exact) mass is 322 g/mol. The van der Waals surface area contributed by atoms with Gasteiger partial charge in [-0.1, -0.05) is 23.4 Å². The highest BCUT2D eigenvalue weighted by atomic mass is 35.5. The third-order valence-corrected chi connectivity index (χ3v) is 4.05. The van der Waals surface area contributed by atoms with Gasteiger partial charge in [0.1, 0.15) is 0 Å². The van der Waals surface area contributed by atoms with Gasteiger partial charge in [-0.3, -0.25) is 4.90 Å². The highest BCUT2D eigenvalue weighted by Gasteiger charge is 2.30. The van der Waals surface area contributed by atoms with Gasteiger partial charge in [-0.05, 0) is 43.4 Å². The number of halogens is 1. The van der Waals surface area contributed by atoms with Crippen molar-refractivity contribution in [3.8, 4) is 0 Å². The Balaban J connectivity index is 0.00000176. The molecule has 1 aliphatic rings. The van der Waals surface area contributed by atoms with Crippen LogP contribution in [0.4, 0.5) is 0 Å². The van der Waals surface area contributed by atoms with Crippen molar-refractivity contribution >= 4 is 12.4 Å². The normalized spacial score (nSPS) is 14.2. The summed E-state index contributed by atoms with van der Waals surface area (Å²) in [4.78, 5) is 6.73. The zero-order valence-corrected chi connectivity index (χ0v) is 13.9. The summed E-state index contributed by atoms with van der Waals surface area (Å²) in [5.74, 6) is 1.23. The summed E-state index contributed by atoms with van der Waals surface area (Å²) in [6.45, 7) is 6.26. The Kier molecular flexibility index (Phi) is 5.56. The van der Waals surface area contributed by atoms with Crippen molar-refractivity contribution < 1.29 is 4.52 Å². The first-order chi connectivity index (χ1) is 10.2. The third kappa shape index (κ3) is 4.06. The van der Waals surface area contributed by atoms with Gasteiger partial charge in [-0.15, -0.1) is 12.4 Å². The van der Waals surface area contributed by atoms with Gasteiger partial charge in [0.2, 0.25) is 5.89 Å². The van der Waals surface area contributed by atoms with Crippen LogP contribution >= 0.6 is 12.4 Å². The molecule has 6 heteroatoms. The molecule has 2 aromatic rings. The maximum absolute atomic E-state index is 5.51. The number of aryl methyl sites for hydroxylation is 2. The zero-order valence-electron chi connectivity index (χ0n) is 13.1. The summed E-state index contributed by atoms with van der Waals surface area (Å²) in [5, 5.41) is 4.00. The molecule has 120 valence electrons. The van der Waals surface area contributed by atoms with Gasteiger partial charge >= 0.3 is 0 Å². The van der Waals surface area contributed by atoms with Gasteiger partial charge in [0, 0.05) is 12.6 Å². The molecule has 22 heavy (non-hydrogen) atoms. The van der Waals surface area contributed by atoms with E-state index in [1.54, 1.807) is 0 Å². The van der Waals surface area contributed by atoms with Crippen LogP contribution < -0.4 is 5.73 Å². The van der Waals surface area contributed by atoms with Gasteiger partial charge in [0.05, 0.1) is 13.1 Å². The van der Waals surface area contributed by atoms with Crippen molar-refractivity contribution in [3.05, 3.63) is 46.6 Å². The quantitative estimate of drug-likeness (QED) is 0.885. The second-order valence-electron chi connectivity index (χ2n) is 5.86. The minimum absolute atomic E-state index is 0. The third-order valence-electron chi connectivity index (χ3n) is 4.05. The van der Waals surface area contributed by atoms with E-state index in [9.17, 15) is 0 Å². The minimum Gasteiger partial charge on any atom is -0.338 e. The first-order valence-electron chi connectivity index (χ1n) is 7.47. The van der Waals surface area contributed by atoms with Gasteiger partial charge in [0.15, 0.2) is 5.82 Å². The van der Waals surface area contributed by atoms with Crippen LogP contribution in [0.2, 0.25) is 0 Å². The molecule has 0 spiro atoms. The Morgan fingerprint density at radius 1 is 1.23 bits per heavy atom. The van der Waals surface area contributed by atoms with E-state index in [1.807, 2.05) is 0 Å². The van der Waals surface area contributed by atoms with Crippen molar-refractivity contribution in [2.45, 2.75) is 52.4 Å². The number of nitrogens with two attached hydrogens (primary N) is 1. The number of rotatable bonds is 6. The van der Waals surface area contributed by atoms with E-state index >= 15 is 0 Å². The van der Waals surface area contributed by atoms with E-state index in [0.29, 0.717) is 18.5 Å². The van der Waals surface area contributed by atoms with Gasteiger partial charge < -0.3 is 10.3 Å². The number of nitrogens with zero attached hydrogens (tertiary/aromatic N) is 3. The molecule has 1 aromatic heterocycles. The zero-order chi connectivity index (χ0) is 14.8. The minimum atomic E-state index is 0. The summed E-state index contributed by atoms with van der Waals surface area (Å²) < 4.78 is 5.09. The lowest BCUT2D eigenvalue weighted by Crippen LogP contribution is -2.25.